The van der Waals surface area contributed by atoms with Crippen molar-refractivity contribution in [1.82, 2.24) is 5.32 Å². The number of hydrogen-bond donors (Lipinski definition) is 2. The van der Waals surface area contributed by atoms with Gasteiger partial charge in [0, 0.05) is 17.6 Å². The summed E-state index contributed by atoms with van der Waals surface area (Å²) in [5.74, 6) is -0.256. The average molecular weight is 320 g/mol. The van der Waals surface area contributed by atoms with Crippen molar-refractivity contribution in [2.75, 3.05) is 20.3 Å². The predicted octanol–water partition coefficient (Wildman–Crippen LogP) is 2.64. The third kappa shape index (κ3) is 5.02. The van der Waals surface area contributed by atoms with Gasteiger partial charge in [-0.25, -0.2) is 4.39 Å². The van der Waals surface area contributed by atoms with Gasteiger partial charge < -0.3 is 15.2 Å². The maximum absolute atomic E-state index is 13.0. The van der Waals surface area contributed by atoms with Crippen LogP contribution in [0.15, 0.2) is 22.7 Å². The molecule has 5 heteroatoms. The van der Waals surface area contributed by atoms with Crippen LogP contribution in [0, 0.1) is 5.82 Å². The fourth-order valence-corrected chi connectivity index (χ4v) is 2.40. The van der Waals surface area contributed by atoms with E-state index in [9.17, 15) is 9.50 Å². The van der Waals surface area contributed by atoms with Crippen molar-refractivity contribution in [1.29, 1.82) is 0 Å². The van der Waals surface area contributed by atoms with Gasteiger partial charge >= 0.3 is 0 Å². The molecule has 1 rings (SSSR count). The summed E-state index contributed by atoms with van der Waals surface area (Å²) in [5.41, 5.74) is 0.998. The van der Waals surface area contributed by atoms with E-state index in [0.717, 1.165) is 10.0 Å². The quantitative estimate of drug-likeness (QED) is 0.811. The Hall–Kier alpha value is -0.490. The Morgan fingerprint density at radius 1 is 1.50 bits per heavy atom. The Kier molecular flexibility index (Phi) is 6.78. The number of aliphatic hydroxyl groups is 1. The van der Waals surface area contributed by atoms with Crippen molar-refractivity contribution in [3.05, 3.63) is 34.1 Å². The Bertz CT molecular complexity index is 376. The molecule has 0 fully saturated rings. The minimum absolute atomic E-state index is 0.0923. The lowest BCUT2D eigenvalue weighted by Gasteiger charge is -2.17. The van der Waals surface area contributed by atoms with E-state index in [1.54, 1.807) is 13.2 Å². The summed E-state index contributed by atoms with van der Waals surface area (Å²) in [6, 6.07) is 4.74. The largest absolute Gasteiger partial charge is 0.391 e. The average Bonchev–Trinajstić information content (AvgIpc) is 2.29. The number of aliphatic hydroxyl groups excluding tert-OH is 1. The number of benzene rings is 1. The third-order valence-corrected chi connectivity index (χ3v) is 3.40. The first-order chi connectivity index (χ1) is 8.54. The molecular weight excluding hydrogens is 301 g/mol. The lowest BCUT2D eigenvalue weighted by atomic mass is 10.1. The van der Waals surface area contributed by atoms with Crippen molar-refractivity contribution in [2.24, 2.45) is 0 Å². The van der Waals surface area contributed by atoms with E-state index in [1.807, 2.05) is 6.92 Å². The lowest BCUT2D eigenvalue weighted by Crippen LogP contribution is -2.25. The second-order valence-electron chi connectivity index (χ2n) is 4.24. The summed E-state index contributed by atoms with van der Waals surface area (Å²) in [6.07, 6.45) is 0.170. The first-order valence-corrected chi connectivity index (χ1v) is 6.69. The van der Waals surface area contributed by atoms with Crippen LogP contribution in [0.5, 0.6) is 0 Å². The number of ether oxygens (including phenoxy) is 1. The number of nitrogens with one attached hydrogen (secondary N) is 1. The summed E-state index contributed by atoms with van der Waals surface area (Å²) in [7, 11) is 1.56. The van der Waals surface area contributed by atoms with E-state index < -0.39 is 6.10 Å². The molecule has 0 aromatic heterocycles. The van der Waals surface area contributed by atoms with Crippen LogP contribution in [-0.2, 0) is 4.74 Å². The van der Waals surface area contributed by atoms with Gasteiger partial charge in [0.25, 0.3) is 0 Å². The minimum atomic E-state index is -0.452. The maximum Gasteiger partial charge on any atom is 0.124 e. The van der Waals surface area contributed by atoms with Crippen molar-refractivity contribution in [2.45, 2.75) is 25.5 Å². The van der Waals surface area contributed by atoms with Crippen LogP contribution in [0.25, 0.3) is 0 Å². The highest BCUT2D eigenvalue weighted by atomic mass is 79.9. The van der Waals surface area contributed by atoms with Crippen LogP contribution in [0.2, 0.25) is 0 Å². The second-order valence-corrected chi connectivity index (χ2v) is 5.09. The van der Waals surface area contributed by atoms with Gasteiger partial charge in [-0.2, -0.15) is 0 Å². The predicted molar refractivity (Wildman–Crippen MR) is 73.0 cm³/mol. The molecule has 0 bridgehead atoms. The fraction of sp³-hybridized carbons (Fsp3) is 0.538. The monoisotopic (exact) mass is 319 g/mol. The molecule has 0 aliphatic rings. The van der Waals surface area contributed by atoms with Crippen molar-refractivity contribution in [3.63, 3.8) is 0 Å². The van der Waals surface area contributed by atoms with E-state index in [2.05, 4.69) is 21.2 Å². The molecule has 0 aliphatic heterocycles. The van der Waals surface area contributed by atoms with Gasteiger partial charge in [-0.05, 0) is 37.6 Å². The number of halogens is 2. The zero-order valence-electron chi connectivity index (χ0n) is 10.6. The first kappa shape index (κ1) is 15.6. The molecule has 1 aromatic carbocycles. The molecule has 0 aliphatic carbocycles. The number of rotatable bonds is 7. The molecule has 0 radical (unpaired) electrons. The van der Waals surface area contributed by atoms with Gasteiger partial charge in [0.1, 0.15) is 5.82 Å². The standard InChI is InChI=1S/C13H19BrFNO2/c1-9(16-6-5-11(17)8-18-2)12-4-3-10(15)7-13(12)14/h3-4,7,9,11,16-17H,5-6,8H2,1-2H3. The molecule has 2 unspecified atom stereocenters. The second kappa shape index (κ2) is 7.84. The van der Waals surface area contributed by atoms with Crippen LogP contribution in [0.4, 0.5) is 4.39 Å². The molecule has 0 spiro atoms. The molecule has 2 N–H and O–H groups in total. The first-order valence-electron chi connectivity index (χ1n) is 5.90. The maximum atomic E-state index is 13.0. The van der Waals surface area contributed by atoms with Crippen LogP contribution in [-0.4, -0.2) is 31.5 Å². The van der Waals surface area contributed by atoms with Crippen molar-refractivity contribution < 1.29 is 14.2 Å². The molecule has 3 nitrogen and oxygen atoms in total. The van der Waals surface area contributed by atoms with Gasteiger partial charge in [0.2, 0.25) is 0 Å². The van der Waals surface area contributed by atoms with Gasteiger partial charge in [-0.15, -0.1) is 0 Å². The highest BCUT2D eigenvalue weighted by molar-refractivity contribution is 9.10. The van der Waals surface area contributed by atoms with E-state index >= 15 is 0 Å². The van der Waals surface area contributed by atoms with Crippen LogP contribution in [0.3, 0.4) is 0 Å². The Balaban J connectivity index is 2.43. The molecule has 0 saturated carbocycles. The third-order valence-electron chi connectivity index (χ3n) is 2.72. The highest BCUT2D eigenvalue weighted by Crippen LogP contribution is 2.24. The number of hydrogen-bond acceptors (Lipinski definition) is 3. The van der Waals surface area contributed by atoms with Gasteiger partial charge in [-0.1, -0.05) is 22.0 Å². The van der Waals surface area contributed by atoms with Gasteiger partial charge in [0.15, 0.2) is 0 Å². The van der Waals surface area contributed by atoms with Crippen molar-refractivity contribution in [3.8, 4) is 0 Å². The van der Waals surface area contributed by atoms with E-state index in [0.29, 0.717) is 19.6 Å². The molecule has 18 heavy (non-hydrogen) atoms. The smallest absolute Gasteiger partial charge is 0.124 e. The molecular formula is C13H19BrFNO2. The van der Waals surface area contributed by atoms with E-state index in [-0.39, 0.29) is 11.9 Å². The SMILES string of the molecule is COCC(O)CCNC(C)c1ccc(F)cc1Br. The zero-order valence-corrected chi connectivity index (χ0v) is 12.2. The van der Waals surface area contributed by atoms with E-state index in [1.165, 1.54) is 12.1 Å². The summed E-state index contributed by atoms with van der Waals surface area (Å²) in [5, 5.41) is 12.8. The summed E-state index contributed by atoms with van der Waals surface area (Å²) in [4.78, 5) is 0. The molecule has 0 heterocycles. The summed E-state index contributed by atoms with van der Waals surface area (Å²) >= 11 is 3.34. The molecule has 0 amide bonds. The lowest BCUT2D eigenvalue weighted by molar-refractivity contribution is 0.0590. The zero-order chi connectivity index (χ0) is 13.5. The molecule has 1 aromatic rings. The van der Waals surface area contributed by atoms with Gasteiger partial charge in [0.05, 0.1) is 12.7 Å². The Morgan fingerprint density at radius 2 is 2.22 bits per heavy atom. The Labute approximate surface area is 115 Å². The summed E-state index contributed by atoms with van der Waals surface area (Å²) in [6.45, 7) is 3.02. The highest BCUT2D eigenvalue weighted by Gasteiger charge is 2.10. The summed E-state index contributed by atoms with van der Waals surface area (Å²) < 4.78 is 18.6. The van der Waals surface area contributed by atoms with Crippen LogP contribution < -0.4 is 5.32 Å². The molecule has 2 atom stereocenters. The van der Waals surface area contributed by atoms with Crippen molar-refractivity contribution >= 4 is 15.9 Å². The molecule has 0 saturated heterocycles. The minimum Gasteiger partial charge on any atom is -0.391 e. The topological polar surface area (TPSA) is 41.5 Å². The van der Waals surface area contributed by atoms with Crippen LogP contribution >= 0.6 is 15.9 Å². The fourth-order valence-electron chi connectivity index (χ4n) is 1.70. The van der Waals surface area contributed by atoms with Gasteiger partial charge in [-0.3, -0.25) is 0 Å². The van der Waals surface area contributed by atoms with Crippen LogP contribution in [0.1, 0.15) is 24.9 Å². The normalized spacial score (nSPS) is 14.5. The number of methoxy groups -OCH3 is 1. The Morgan fingerprint density at radius 3 is 2.83 bits per heavy atom. The van der Waals surface area contributed by atoms with E-state index in [4.69, 9.17) is 4.74 Å². The molecule has 102 valence electrons.